The van der Waals surface area contributed by atoms with Gasteiger partial charge in [-0.2, -0.15) is 5.26 Å². The van der Waals surface area contributed by atoms with E-state index in [4.69, 9.17) is 4.51 Å². The third-order valence-corrected chi connectivity index (χ3v) is 16.0. The van der Waals surface area contributed by atoms with Crippen LogP contribution in [0.15, 0.2) is 182 Å². The monoisotopic (exact) mass is 825 g/mol. The highest BCUT2D eigenvalue weighted by Gasteiger charge is 2.17. The molecule has 3 heterocycles. The highest BCUT2D eigenvalue weighted by Crippen LogP contribution is 2.42. The van der Waals surface area contributed by atoms with E-state index in [1.807, 2.05) is 30.6 Å². The zero-order valence-electron chi connectivity index (χ0n) is 30.2. The lowest BCUT2D eigenvalue weighted by molar-refractivity contribution is 1.18. The second-order valence-electron chi connectivity index (χ2n) is 14.4. The van der Waals surface area contributed by atoms with E-state index < -0.39 is 18.9 Å². The predicted octanol–water partition coefficient (Wildman–Crippen LogP) is 13.4. The lowest BCUT2D eigenvalue weighted by atomic mass is 9.90. The Morgan fingerprint density at radius 1 is 0.536 bits per heavy atom. The molecule has 1 aliphatic rings. The molecule has 2 aromatic heterocycles. The average Bonchev–Trinajstić information content (AvgIpc) is 3.59. The number of hydrogen-bond acceptors (Lipinski definition) is 2. The largest absolute Gasteiger partial charge is 0.309 e. The van der Waals surface area contributed by atoms with Crippen LogP contribution >= 0.6 is 18.9 Å². The normalized spacial score (nSPS) is 13.3. The van der Waals surface area contributed by atoms with E-state index in [0.717, 1.165) is 38.6 Å². The van der Waals surface area contributed by atoms with Crippen LogP contribution < -0.4 is 0 Å². The number of fused-ring (bicyclic) bond motifs is 3. The lowest BCUT2D eigenvalue weighted by Gasteiger charge is -2.17. The number of para-hydroxylation sites is 1. The van der Waals surface area contributed by atoms with Gasteiger partial charge in [0.15, 0.2) is 0 Å². The van der Waals surface area contributed by atoms with Crippen LogP contribution in [0.2, 0.25) is 0 Å². The molecule has 0 spiro atoms. The molecule has 8 aromatic carbocycles. The highest BCUT2D eigenvalue weighted by molar-refractivity contribution is 14.2. The van der Waals surface area contributed by atoms with Gasteiger partial charge in [-0.1, -0.05) is 83.4 Å². The van der Waals surface area contributed by atoms with Gasteiger partial charge < -0.3 is 4.57 Å². The van der Waals surface area contributed by atoms with Gasteiger partial charge in [-0.05, 0) is 157 Å². The van der Waals surface area contributed by atoms with E-state index in [9.17, 15) is 5.26 Å². The van der Waals surface area contributed by atoms with E-state index >= 15 is 0 Å². The summed E-state index contributed by atoms with van der Waals surface area (Å²) in [5.41, 5.74) is 11.2. The van der Waals surface area contributed by atoms with Crippen molar-refractivity contribution < 1.29 is 0 Å². The zero-order valence-corrected chi connectivity index (χ0v) is 32.4. The Kier molecular flexibility index (Phi) is 7.51. The molecule has 10 aromatic rings. The smallest absolute Gasteiger partial charge is 0.0991 e. The number of aromatic nitrogens is 2. The van der Waals surface area contributed by atoms with Gasteiger partial charge in [-0.25, -0.2) is 0 Å². The molecule has 0 unspecified atom stereocenters. The minimum atomic E-state index is -1.86. The molecule has 11 rings (SSSR count). The van der Waals surface area contributed by atoms with Crippen molar-refractivity contribution in [2.75, 3.05) is 0 Å². The quantitative estimate of drug-likeness (QED) is 0.128. The van der Waals surface area contributed by atoms with Crippen LogP contribution in [0.5, 0.6) is 0 Å². The van der Waals surface area contributed by atoms with Crippen LogP contribution in [0.1, 0.15) is 16.7 Å². The standard InChI is InChI=1S/C52H32IN3/c1-53-47(36-22-24-55-25-23-36)8-5-9-48(53)43-29-40-17-15-38-27-42(28-39-16-18-41(30-43)52(40)51(38)39)35-13-11-34(12-14-35)37-19-21-50-46(31-37)45-26-33(32-54)10-20-49(45)56(50)44-6-3-2-4-7-44/h2-31H,1H2. The summed E-state index contributed by atoms with van der Waals surface area (Å²) in [7, 11) is 0. The van der Waals surface area contributed by atoms with Crippen molar-refractivity contribution in [2.45, 2.75) is 0 Å². The molecular weight excluding hydrogens is 793 g/mol. The molecule has 1 aliphatic heterocycles. The summed E-state index contributed by atoms with van der Waals surface area (Å²) in [6, 6.07) is 57.1. The zero-order chi connectivity index (χ0) is 37.3. The second kappa shape index (κ2) is 12.9. The van der Waals surface area contributed by atoms with Crippen LogP contribution in [0.25, 0.3) is 85.6 Å². The molecule has 0 amide bonds. The van der Waals surface area contributed by atoms with Gasteiger partial charge in [-0.15, -0.1) is 18.9 Å². The molecule has 0 N–H and O–H groups in total. The van der Waals surface area contributed by atoms with Crippen LogP contribution in [0.3, 0.4) is 0 Å². The first-order valence-corrected chi connectivity index (χ1v) is 22.3. The van der Waals surface area contributed by atoms with Crippen molar-refractivity contribution >= 4 is 84.6 Å². The maximum Gasteiger partial charge on any atom is 0.0991 e. The van der Waals surface area contributed by atoms with Crippen molar-refractivity contribution in [1.29, 1.82) is 5.26 Å². The van der Waals surface area contributed by atoms with E-state index in [2.05, 4.69) is 167 Å². The molecule has 56 heavy (non-hydrogen) atoms. The van der Waals surface area contributed by atoms with Crippen LogP contribution in [-0.4, -0.2) is 17.6 Å². The average molecular weight is 826 g/mol. The maximum absolute atomic E-state index is 9.72. The van der Waals surface area contributed by atoms with Gasteiger partial charge in [0.05, 0.1) is 22.7 Å². The first-order chi connectivity index (χ1) is 27.6. The second-order valence-corrected chi connectivity index (χ2v) is 18.8. The molecule has 0 saturated heterocycles. The fraction of sp³-hybridized carbons (Fsp3) is 0. The van der Waals surface area contributed by atoms with Crippen LogP contribution in [0, 0.1) is 11.3 Å². The summed E-state index contributed by atoms with van der Waals surface area (Å²) >= 11 is -1.86. The first kappa shape index (κ1) is 32.6. The maximum atomic E-state index is 9.72. The molecule has 0 fully saturated rings. The third-order valence-electron chi connectivity index (χ3n) is 11.2. The number of halogens is 1. The van der Waals surface area contributed by atoms with Crippen LogP contribution in [-0.2, 0) is 0 Å². The molecule has 0 aliphatic carbocycles. The van der Waals surface area contributed by atoms with Gasteiger partial charge in [0.25, 0.3) is 0 Å². The van der Waals surface area contributed by atoms with E-state index in [1.165, 1.54) is 61.7 Å². The molecule has 0 saturated carbocycles. The summed E-state index contributed by atoms with van der Waals surface area (Å²) < 4.78 is 9.79. The summed E-state index contributed by atoms with van der Waals surface area (Å²) in [5.74, 6) is 0. The Labute approximate surface area is 330 Å². The Balaban J connectivity index is 0.958. The van der Waals surface area contributed by atoms with Crippen molar-refractivity contribution in [1.82, 2.24) is 9.55 Å². The molecule has 0 radical (unpaired) electrons. The SMILES string of the molecule is C=I1=C(c2cc3ccc4cc(-c5ccc(-c6ccc7c(c6)c6cc(C#N)ccc6n7-c6ccccc6)cc5)cc5ccc(c2)c3c45)C=CC=C1c1ccncc1. The van der Waals surface area contributed by atoms with Gasteiger partial charge in [-0.3, -0.25) is 4.98 Å². The van der Waals surface area contributed by atoms with E-state index in [1.54, 1.807) is 0 Å². The minimum Gasteiger partial charge on any atom is -0.309 e. The predicted molar refractivity (Wildman–Crippen MR) is 247 cm³/mol. The number of benzene rings is 8. The molecular formula is C52H32IN3. The Morgan fingerprint density at radius 2 is 1.11 bits per heavy atom. The number of rotatable bonds is 5. The topological polar surface area (TPSA) is 41.6 Å². The summed E-state index contributed by atoms with van der Waals surface area (Å²) in [6.45, 7) is 0. The molecule has 0 bridgehead atoms. The number of nitrogens with zero attached hydrogens (tertiary/aromatic N) is 3. The van der Waals surface area contributed by atoms with E-state index in [0.29, 0.717) is 5.56 Å². The van der Waals surface area contributed by atoms with Crippen molar-refractivity contribution in [3.8, 4) is 34.0 Å². The minimum absolute atomic E-state index is 0.663. The molecule has 0 atom stereocenters. The lowest BCUT2D eigenvalue weighted by Crippen LogP contribution is -1.98. The Bertz CT molecular complexity index is 3340. The fourth-order valence-corrected chi connectivity index (χ4v) is 12.7. The van der Waals surface area contributed by atoms with Crippen LogP contribution in [0.4, 0.5) is 0 Å². The third kappa shape index (κ3) is 5.20. The highest BCUT2D eigenvalue weighted by atomic mass is 127. The van der Waals surface area contributed by atoms with E-state index in [-0.39, 0.29) is 0 Å². The van der Waals surface area contributed by atoms with Gasteiger partial charge in [0, 0.05) is 35.9 Å². The first-order valence-electron chi connectivity index (χ1n) is 18.6. The summed E-state index contributed by atoms with van der Waals surface area (Å²) in [5, 5.41) is 19.6. The number of nitriles is 1. The Morgan fingerprint density at radius 3 is 1.75 bits per heavy atom. The van der Waals surface area contributed by atoms with Crippen molar-refractivity contribution in [2.24, 2.45) is 0 Å². The van der Waals surface area contributed by atoms with Crippen molar-refractivity contribution in [3.63, 3.8) is 0 Å². The number of hydrogen-bond donors (Lipinski definition) is 0. The van der Waals surface area contributed by atoms with Crippen molar-refractivity contribution in [3.05, 3.63) is 199 Å². The number of pyridine rings is 1. The van der Waals surface area contributed by atoms with Gasteiger partial charge in [0.2, 0.25) is 0 Å². The number of allylic oxidation sites excluding steroid dienone is 3. The molecule has 3 nitrogen and oxygen atoms in total. The summed E-state index contributed by atoms with van der Waals surface area (Å²) in [6.07, 6.45) is 10.4. The van der Waals surface area contributed by atoms with Gasteiger partial charge in [0.1, 0.15) is 0 Å². The molecule has 4 heteroatoms. The van der Waals surface area contributed by atoms with Gasteiger partial charge >= 0.3 is 0 Å². The fourth-order valence-electron chi connectivity index (χ4n) is 8.57. The Hall–Kier alpha value is -6.81. The summed E-state index contributed by atoms with van der Waals surface area (Å²) in [4.78, 5) is 4.22. The molecule has 262 valence electrons.